The molecule has 4 nitrogen and oxygen atoms in total. The third-order valence-electron chi connectivity index (χ3n) is 3.07. The average Bonchev–Trinajstić information content (AvgIpc) is 2.96. The van der Waals surface area contributed by atoms with Crippen LogP contribution in [-0.4, -0.2) is 23.4 Å². The second-order valence-corrected chi connectivity index (χ2v) is 4.51. The molecule has 102 valence electrons. The van der Waals surface area contributed by atoms with Crippen LogP contribution in [0.1, 0.15) is 24.9 Å². The molecule has 0 bridgehead atoms. The molecule has 0 fully saturated rings. The zero-order chi connectivity index (χ0) is 13.5. The van der Waals surface area contributed by atoms with Gasteiger partial charge in [0.15, 0.2) is 0 Å². The van der Waals surface area contributed by atoms with Gasteiger partial charge in [-0.3, -0.25) is 4.68 Å². The van der Waals surface area contributed by atoms with Crippen LogP contribution in [0.5, 0.6) is 5.75 Å². The van der Waals surface area contributed by atoms with Crippen molar-refractivity contribution in [3.63, 3.8) is 0 Å². The molecule has 0 aliphatic rings. The fraction of sp³-hybridized carbons (Fsp3) is 0.400. The van der Waals surface area contributed by atoms with Gasteiger partial charge in [-0.15, -0.1) is 0 Å². The third-order valence-corrected chi connectivity index (χ3v) is 3.07. The summed E-state index contributed by atoms with van der Waals surface area (Å²) < 4.78 is 7.25. The molecule has 1 atom stereocenters. The second kappa shape index (κ2) is 6.95. The van der Waals surface area contributed by atoms with Gasteiger partial charge in [-0.2, -0.15) is 5.10 Å². The van der Waals surface area contributed by atoms with Gasteiger partial charge in [0.05, 0.1) is 19.7 Å². The van der Waals surface area contributed by atoms with Crippen molar-refractivity contribution in [2.24, 2.45) is 0 Å². The lowest BCUT2D eigenvalue weighted by Crippen LogP contribution is -2.26. The van der Waals surface area contributed by atoms with Crippen LogP contribution in [0.3, 0.4) is 0 Å². The second-order valence-electron chi connectivity index (χ2n) is 4.51. The number of benzene rings is 1. The van der Waals surface area contributed by atoms with E-state index < -0.39 is 0 Å². The first-order valence-electron chi connectivity index (χ1n) is 6.68. The van der Waals surface area contributed by atoms with Gasteiger partial charge in [0.2, 0.25) is 0 Å². The molecule has 19 heavy (non-hydrogen) atoms. The monoisotopic (exact) mass is 259 g/mol. The predicted octanol–water partition coefficient (Wildman–Crippen LogP) is 2.63. The number of nitrogens with zero attached hydrogens (tertiary/aromatic N) is 2. The Labute approximate surface area is 114 Å². The van der Waals surface area contributed by atoms with Crippen LogP contribution < -0.4 is 10.1 Å². The van der Waals surface area contributed by atoms with Crippen molar-refractivity contribution in [2.75, 3.05) is 13.7 Å². The van der Waals surface area contributed by atoms with E-state index in [1.54, 1.807) is 7.11 Å². The first-order valence-corrected chi connectivity index (χ1v) is 6.68. The van der Waals surface area contributed by atoms with Crippen molar-refractivity contribution in [2.45, 2.75) is 25.9 Å². The van der Waals surface area contributed by atoms with E-state index >= 15 is 0 Å². The Morgan fingerprint density at radius 1 is 1.37 bits per heavy atom. The predicted molar refractivity (Wildman–Crippen MR) is 76.3 cm³/mol. The molecule has 0 amide bonds. The molecule has 1 aromatic carbocycles. The molecule has 4 heteroatoms. The quantitative estimate of drug-likeness (QED) is 0.831. The lowest BCUT2D eigenvalue weighted by Gasteiger charge is -2.19. The zero-order valence-electron chi connectivity index (χ0n) is 11.5. The number of rotatable bonds is 7. The topological polar surface area (TPSA) is 39.1 Å². The summed E-state index contributed by atoms with van der Waals surface area (Å²) in [7, 11) is 1.70. The highest BCUT2D eigenvalue weighted by molar-refractivity contribution is 5.30. The molecular weight excluding hydrogens is 238 g/mol. The molecule has 1 N–H and O–H groups in total. The van der Waals surface area contributed by atoms with Gasteiger partial charge in [-0.05, 0) is 36.7 Å². The fourth-order valence-corrected chi connectivity index (χ4v) is 2.06. The lowest BCUT2D eigenvalue weighted by molar-refractivity contribution is 0.408. The zero-order valence-corrected chi connectivity index (χ0v) is 11.5. The number of hydrogen-bond acceptors (Lipinski definition) is 3. The van der Waals surface area contributed by atoms with Crippen LogP contribution in [-0.2, 0) is 6.54 Å². The summed E-state index contributed by atoms with van der Waals surface area (Å²) >= 11 is 0. The van der Waals surface area contributed by atoms with E-state index in [4.69, 9.17) is 4.74 Å². The number of aromatic nitrogens is 2. The summed E-state index contributed by atoms with van der Waals surface area (Å²) in [6.45, 7) is 3.98. The molecule has 1 unspecified atom stereocenters. The van der Waals surface area contributed by atoms with Gasteiger partial charge in [-0.1, -0.05) is 19.1 Å². The highest BCUT2D eigenvalue weighted by Gasteiger charge is 2.12. The first-order chi connectivity index (χ1) is 9.33. The minimum atomic E-state index is 0.245. The van der Waals surface area contributed by atoms with Crippen LogP contribution in [0, 0.1) is 0 Å². The van der Waals surface area contributed by atoms with Gasteiger partial charge in [0.25, 0.3) is 0 Å². The molecule has 1 heterocycles. The number of hydrogen-bond donors (Lipinski definition) is 1. The van der Waals surface area contributed by atoms with Crippen molar-refractivity contribution in [3.05, 3.63) is 48.3 Å². The summed E-state index contributed by atoms with van der Waals surface area (Å²) in [6, 6.07) is 10.4. The molecule has 0 saturated heterocycles. The van der Waals surface area contributed by atoms with Crippen molar-refractivity contribution in [1.29, 1.82) is 0 Å². The molecule has 2 rings (SSSR count). The van der Waals surface area contributed by atoms with E-state index in [0.717, 1.165) is 25.3 Å². The molecule has 2 aromatic rings. The Kier molecular flexibility index (Phi) is 4.98. The standard InChI is InChI=1S/C15H21N3O/c1-3-8-16-15(12-18-10-5-9-17-18)13-6-4-7-14(11-13)19-2/h4-7,9-11,15-16H,3,8,12H2,1-2H3. The maximum absolute atomic E-state index is 5.29. The summed E-state index contributed by atoms with van der Waals surface area (Å²) in [5.41, 5.74) is 1.23. The molecule has 1 aromatic heterocycles. The summed E-state index contributed by atoms with van der Waals surface area (Å²) in [5, 5.41) is 7.84. The van der Waals surface area contributed by atoms with E-state index in [1.807, 2.05) is 35.3 Å². The molecular formula is C15H21N3O. The largest absolute Gasteiger partial charge is 0.497 e. The average molecular weight is 259 g/mol. The summed E-state index contributed by atoms with van der Waals surface area (Å²) in [4.78, 5) is 0. The minimum absolute atomic E-state index is 0.245. The van der Waals surface area contributed by atoms with E-state index in [-0.39, 0.29) is 6.04 Å². The van der Waals surface area contributed by atoms with Gasteiger partial charge < -0.3 is 10.1 Å². The smallest absolute Gasteiger partial charge is 0.119 e. The van der Waals surface area contributed by atoms with Crippen molar-refractivity contribution in [1.82, 2.24) is 15.1 Å². The number of methoxy groups -OCH3 is 1. The van der Waals surface area contributed by atoms with E-state index in [2.05, 4.69) is 29.5 Å². The van der Waals surface area contributed by atoms with Crippen molar-refractivity contribution >= 4 is 0 Å². The fourth-order valence-electron chi connectivity index (χ4n) is 2.06. The van der Waals surface area contributed by atoms with Crippen LogP contribution in [0.4, 0.5) is 0 Å². The normalized spacial score (nSPS) is 12.3. The lowest BCUT2D eigenvalue weighted by atomic mass is 10.1. The Balaban J connectivity index is 2.15. The molecule has 0 saturated carbocycles. The van der Waals surface area contributed by atoms with Crippen molar-refractivity contribution in [3.8, 4) is 5.75 Å². The Bertz CT molecular complexity index is 482. The molecule has 0 aliphatic carbocycles. The van der Waals surface area contributed by atoms with Crippen LogP contribution in [0.2, 0.25) is 0 Å². The molecule has 0 spiro atoms. The van der Waals surface area contributed by atoms with Crippen LogP contribution in [0.25, 0.3) is 0 Å². The SMILES string of the molecule is CCCNC(Cn1cccn1)c1cccc(OC)c1. The van der Waals surface area contributed by atoms with E-state index in [1.165, 1.54) is 5.56 Å². The van der Waals surface area contributed by atoms with Gasteiger partial charge in [0.1, 0.15) is 5.75 Å². The van der Waals surface area contributed by atoms with Gasteiger partial charge in [0, 0.05) is 12.4 Å². The highest BCUT2D eigenvalue weighted by Crippen LogP contribution is 2.20. The van der Waals surface area contributed by atoms with Gasteiger partial charge in [-0.25, -0.2) is 0 Å². The summed E-state index contributed by atoms with van der Waals surface area (Å²) in [6.07, 6.45) is 4.91. The van der Waals surface area contributed by atoms with Crippen LogP contribution >= 0.6 is 0 Å². The maximum atomic E-state index is 5.29. The first kappa shape index (κ1) is 13.6. The van der Waals surface area contributed by atoms with E-state index in [0.29, 0.717) is 0 Å². The van der Waals surface area contributed by atoms with Crippen LogP contribution in [0.15, 0.2) is 42.7 Å². The minimum Gasteiger partial charge on any atom is -0.497 e. The van der Waals surface area contributed by atoms with Crippen molar-refractivity contribution < 1.29 is 4.74 Å². The number of nitrogens with one attached hydrogen (secondary N) is 1. The molecule has 0 aliphatic heterocycles. The maximum Gasteiger partial charge on any atom is 0.119 e. The highest BCUT2D eigenvalue weighted by atomic mass is 16.5. The Morgan fingerprint density at radius 3 is 2.95 bits per heavy atom. The van der Waals surface area contributed by atoms with E-state index in [9.17, 15) is 0 Å². The third kappa shape index (κ3) is 3.83. The Hall–Kier alpha value is -1.81. The number of ether oxygens (including phenoxy) is 1. The van der Waals surface area contributed by atoms with Gasteiger partial charge >= 0.3 is 0 Å². The summed E-state index contributed by atoms with van der Waals surface area (Å²) in [5.74, 6) is 0.890. The Morgan fingerprint density at radius 2 is 2.26 bits per heavy atom. The molecule has 0 radical (unpaired) electrons.